The lowest BCUT2D eigenvalue weighted by Gasteiger charge is -2.11. The van der Waals surface area contributed by atoms with Crippen molar-refractivity contribution in [3.63, 3.8) is 0 Å². The Labute approximate surface area is 116 Å². The van der Waals surface area contributed by atoms with Gasteiger partial charge in [-0.05, 0) is 18.2 Å². The van der Waals surface area contributed by atoms with E-state index < -0.39 is 5.82 Å². The Hall–Kier alpha value is -2.74. The van der Waals surface area contributed by atoms with Gasteiger partial charge in [0.25, 0.3) is 0 Å². The zero-order chi connectivity index (χ0) is 14.5. The SMILES string of the molecule is COc1cc(N)ccc1OCc1cccc(C#N)c1F. The van der Waals surface area contributed by atoms with Crippen LogP contribution in [0.5, 0.6) is 11.5 Å². The number of nitrogen functional groups attached to an aromatic ring is 1. The van der Waals surface area contributed by atoms with E-state index in [9.17, 15) is 4.39 Å². The van der Waals surface area contributed by atoms with E-state index in [1.807, 2.05) is 0 Å². The summed E-state index contributed by atoms with van der Waals surface area (Å²) in [4.78, 5) is 0. The normalized spacial score (nSPS) is 9.85. The van der Waals surface area contributed by atoms with Crippen LogP contribution in [0.1, 0.15) is 11.1 Å². The number of halogens is 1. The standard InChI is InChI=1S/C15H13FN2O2/c1-19-14-7-12(18)5-6-13(14)20-9-11-4-2-3-10(8-17)15(11)16/h2-7H,9,18H2,1H3. The van der Waals surface area contributed by atoms with Crippen LogP contribution in [0, 0.1) is 17.1 Å². The van der Waals surface area contributed by atoms with E-state index in [4.69, 9.17) is 20.5 Å². The van der Waals surface area contributed by atoms with Crippen molar-refractivity contribution in [3.8, 4) is 17.6 Å². The first-order valence-corrected chi connectivity index (χ1v) is 5.89. The van der Waals surface area contributed by atoms with Crippen LogP contribution >= 0.6 is 0 Å². The van der Waals surface area contributed by atoms with Crippen molar-refractivity contribution in [2.24, 2.45) is 0 Å². The van der Waals surface area contributed by atoms with Crippen molar-refractivity contribution in [1.82, 2.24) is 0 Å². The molecule has 0 aliphatic rings. The first-order valence-electron chi connectivity index (χ1n) is 5.89. The predicted molar refractivity (Wildman–Crippen MR) is 72.9 cm³/mol. The Morgan fingerprint density at radius 1 is 1.25 bits per heavy atom. The monoisotopic (exact) mass is 272 g/mol. The highest BCUT2D eigenvalue weighted by Gasteiger charge is 2.10. The van der Waals surface area contributed by atoms with E-state index in [2.05, 4.69) is 0 Å². The second-order valence-corrected chi connectivity index (χ2v) is 4.09. The van der Waals surface area contributed by atoms with Gasteiger partial charge in [0.2, 0.25) is 0 Å². The van der Waals surface area contributed by atoms with Gasteiger partial charge in [-0.1, -0.05) is 12.1 Å². The maximum atomic E-state index is 13.9. The van der Waals surface area contributed by atoms with E-state index in [0.29, 0.717) is 22.7 Å². The maximum absolute atomic E-state index is 13.9. The molecule has 2 N–H and O–H groups in total. The fraction of sp³-hybridized carbons (Fsp3) is 0.133. The van der Waals surface area contributed by atoms with Gasteiger partial charge in [-0.3, -0.25) is 0 Å². The van der Waals surface area contributed by atoms with Crippen LogP contribution in [0.2, 0.25) is 0 Å². The van der Waals surface area contributed by atoms with E-state index in [1.54, 1.807) is 36.4 Å². The minimum Gasteiger partial charge on any atom is -0.493 e. The van der Waals surface area contributed by atoms with Gasteiger partial charge in [-0.15, -0.1) is 0 Å². The van der Waals surface area contributed by atoms with Crippen LogP contribution in [0.25, 0.3) is 0 Å². The molecule has 0 aliphatic heterocycles. The molecule has 4 nitrogen and oxygen atoms in total. The minimum atomic E-state index is -0.565. The Morgan fingerprint density at radius 3 is 2.75 bits per heavy atom. The van der Waals surface area contributed by atoms with Gasteiger partial charge in [0.1, 0.15) is 18.5 Å². The van der Waals surface area contributed by atoms with Crippen molar-refractivity contribution in [2.75, 3.05) is 12.8 Å². The van der Waals surface area contributed by atoms with E-state index in [0.717, 1.165) is 0 Å². The molecule has 5 heteroatoms. The minimum absolute atomic E-state index is 0.00162. The molecule has 0 spiro atoms. The van der Waals surface area contributed by atoms with Crippen molar-refractivity contribution >= 4 is 5.69 Å². The van der Waals surface area contributed by atoms with Gasteiger partial charge >= 0.3 is 0 Å². The Morgan fingerprint density at radius 2 is 2.05 bits per heavy atom. The average Bonchev–Trinajstić information content (AvgIpc) is 2.47. The largest absolute Gasteiger partial charge is 0.493 e. The molecule has 0 radical (unpaired) electrons. The molecule has 2 rings (SSSR count). The number of nitrogens with two attached hydrogens (primary N) is 1. The van der Waals surface area contributed by atoms with Gasteiger partial charge < -0.3 is 15.2 Å². The molecule has 0 heterocycles. The van der Waals surface area contributed by atoms with E-state index in [-0.39, 0.29) is 12.2 Å². The highest BCUT2D eigenvalue weighted by atomic mass is 19.1. The van der Waals surface area contributed by atoms with E-state index >= 15 is 0 Å². The molecule has 0 aliphatic carbocycles. The third-order valence-corrected chi connectivity index (χ3v) is 2.77. The number of rotatable bonds is 4. The van der Waals surface area contributed by atoms with Gasteiger partial charge in [0.15, 0.2) is 11.5 Å². The van der Waals surface area contributed by atoms with Crippen LogP contribution < -0.4 is 15.2 Å². The number of methoxy groups -OCH3 is 1. The quantitative estimate of drug-likeness (QED) is 0.869. The molecule has 0 fully saturated rings. The summed E-state index contributed by atoms with van der Waals surface area (Å²) in [7, 11) is 1.50. The van der Waals surface area contributed by atoms with Crippen LogP contribution in [-0.4, -0.2) is 7.11 Å². The van der Waals surface area contributed by atoms with E-state index in [1.165, 1.54) is 13.2 Å². The van der Waals surface area contributed by atoms with Gasteiger partial charge in [0.05, 0.1) is 12.7 Å². The molecule has 0 saturated carbocycles. The summed E-state index contributed by atoms with van der Waals surface area (Å²) in [5, 5.41) is 8.78. The third kappa shape index (κ3) is 2.81. The first kappa shape index (κ1) is 13.7. The molecule has 2 aromatic rings. The molecule has 0 unspecified atom stereocenters. The second kappa shape index (κ2) is 5.93. The second-order valence-electron chi connectivity index (χ2n) is 4.09. The third-order valence-electron chi connectivity index (χ3n) is 2.77. The Bertz CT molecular complexity index is 665. The molecule has 0 atom stereocenters. The summed E-state index contributed by atoms with van der Waals surface area (Å²) < 4.78 is 24.5. The average molecular weight is 272 g/mol. The molecular weight excluding hydrogens is 259 g/mol. The number of ether oxygens (including phenoxy) is 2. The molecule has 102 valence electrons. The number of hydrogen-bond acceptors (Lipinski definition) is 4. The van der Waals surface area contributed by atoms with Gasteiger partial charge in [0, 0.05) is 17.3 Å². The molecule has 2 aromatic carbocycles. The lowest BCUT2D eigenvalue weighted by Crippen LogP contribution is -2.02. The van der Waals surface area contributed by atoms with Crippen molar-refractivity contribution in [1.29, 1.82) is 5.26 Å². The highest BCUT2D eigenvalue weighted by Crippen LogP contribution is 2.30. The number of nitrogens with zero attached hydrogens (tertiary/aromatic N) is 1. The first-order chi connectivity index (χ1) is 9.65. The fourth-order valence-corrected chi connectivity index (χ4v) is 1.74. The number of hydrogen-bond donors (Lipinski definition) is 1. The lowest BCUT2D eigenvalue weighted by molar-refractivity contribution is 0.280. The zero-order valence-corrected chi connectivity index (χ0v) is 10.9. The summed E-state index contributed by atoms with van der Waals surface area (Å²) in [6.07, 6.45) is 0. The smallest absolute Gasteiger partial charge is 0.162 e. The van der Waals surface area contributed by atoms with Crippen LogP contribution in [0.3, 0.4) is 0 Å². The molecular formula is C15H13FN2O2. The summed E-state index contributed by atoms with van der Waals surface area (Å²) in [6, 6.07) is 11.3. The molecule has 0 amide bonds. The van der Waals surface area contributed by atoms with Crippen LogP contribution in [0.4, 0.5) is 10.1 Å². The summed E-state index contributed by atoms with van der Waals surface area (Å²) in [5.74, 6) is 0.370. The number of benzene rings is 2. The molecule has 0 saturated heterocycles. The van der Waals surface area contributed by atoms with Gasteiger partial charge in [-0.2, -0.15) is 5.26 Å². The Kier molecular flexibility index (Phi) is 4.06. The predicted octanol–water partition coefficient (Wildman–Crippen LogP) is 2.87. The van der Waals surface area contributed by atoms with Crippen molar-refractivity contribution in [3.05, 3.63) is 53.3 Å². The Balaban J connectivity index is 2.19. The summed E-state index contributed by atoms with van der Waals surface area (Å²) >= 11 is 0. The van der Waals surface area contributed by atoms with Gasteiger partial charge in [-0.25, -0.2) is 4.39 Å². The summed E-state index contributed by atoms with van der Waals surface area (Å²) in [6.45, 7) is 0.00162. The van der Waals surface area contributed by atoms with Crippen LogP contribution in [-0.2, 0) is 6.61 Å². The van der Waals surface area contributed by atoms with Crippen molar-refractivity contribution < 1.29 is 13.9 Å². The molecule has 20 heavy (non-hydrogen) atoms. The number of anilines is 1. The highest BCUT2D eigenvalue weighted by molar-refractivity contribution is 5.52. The fourth-order valence-electron chi connectivity index (χ4n) is 1.74. The lowest BCUT2D eigenvalue weighted by atomic mass is 10.1. The molecule has 0 bridgehead atoms. The van der Waals surface area contributed by atoms with Crippen molar-refractivity contribution in [2.45, 2.75) is 6.61 Å². The summed E-state index contributed by atoms with van der Waals surface area (Å²) in [5.41, 5.74) is 6.49. The number of nitriles is 1. The maximum Gasteiger partial charge on any atom is 0.162 e. The molecule has 0 aromatic heterocycles. The van der Waals surface area contributed by atoms with Crippen LogP contribution in [0.15, 0.2) is 36.4 Å². The topological polar surface area (TPSA) is 68.3 Å². The zero-order valence-electron chi connectivity index (χ0n) is 10.9.